The molecular formula is C104H107BrCl4N20O10S3. The van der Waals surface area contributed by atoms with Gasteiger partial charge in [0.2, 0.25) is 35.5 Å². The number of fused-ring (bicyclic) bond motifs is 1. The van der Waals surface area contributed by atoms with Gasteiger partial charge in [0, 0.05) is 118 Å². The smallest absolute Gasteiger partial charge is 0.321 e. The number of nitriles is 1. The molecule has 30 nitrogen and oxygen atoms in total. The highest BCUT2D eigenvalue weighted by atomic mass is 79.9. The van der Waals surface area contributed by atoms with E-state index in [1.807, 2.05) is 177 Å². The summed E-state index contributed by atoms with van der Waals surface area (Å²) >= 11 is 32.4. The molecule has 0 bridgehead atoms. The number of nitrogens with two attached hydrogens (primary N) is 5. The zero-order chi connectivity index (χ0) is 102. The Kier molecular flexibility index (Phi) is 29.8. The molecule has 8 atom stereocenters. The normalized spacial score (nSPS) is 23.0. The molecule has 11 N–H and O–H groups in total. The van der Waals surface area contributed by atoms with Gasteiger partial charge in [-0.1, -0.05) is 125 Å². The predicted molar refractivity (Wildman–Crippen MR) is 565 cm³/mol. The van der Waals surface area contributed by atoms with Crippen LogP contribution in [0.3, 0.4) is 0 Å². The number of carbonyl (C=O) groups is 7. The highest BCUT2D eigenvalue weighted by Crippen LogP contribution is 2.55. The van der Waals surface area contributed by atoms with Crippen molar-refractivity contribution in [3.8, 4) is 50.9 Å². The molecule has 3 fully saturated rings. The highest BCUT2D eigenvalue weighted by molar-refractivity contribution is 9.10. The van der Waals surface area contributed by atoms with Gasteiger partial charge < -0.3 is 57.8 Å². The Balaban J connectivity index is 0.000000128. The van der Waals surface area contributed by atoms with Crippen molar-refractivity contribution >= 4 is 185 Å². The third kappa shape index (κ3) is 20.6. The molecule has 0 radical (unpaired) electrons. The van der Waals surface area contributed by atoms with Crippen LogP contribution in [-0.4, -0.2) is 168 Å². The lowest BCUT2D eigenvalue weighted by Crippen LogP contribution is -2.55. The zero-order valence-electron chi connectivity index (χ0n) is 80.0. The number of anilines is 3. The number of hydrogen-bond acceptors (Lipinski definition) is 25. The van der Waals surface area contributed by atoms with Crippen molar-refractivity contribution in [2.45, 2.75) is 146 Å². The largest absolute Gasteiger partial charge is 0.493 e. The number of rotatable bonds is 17. The number of β-lactam (4-membered cyclic amide) rings is 1. The molecule has 20 rings (SSSR count). The van der Waals surface area contributed by atoms with Crippen LogP contribution in [0.5, 0.6) is 11.5 Å². The van der Waals surface area contributed by atoms with Crippen LogP contribution in [0.25, 0.3) is 33.4 Å². The number of guanidine groups is 5. The second-order valence-electron chi connectivity index (χ2n) is 37.0. The van der Waals surface area contributed by atoms with Crippen molar-refractivity contribution < 1.29 is 47.6 Å². The third-order valence-electron chi connectivity index (χ3n) is 27.3. The van der Waals surface area contributed by atoms with Gasteiger partial charge in [0.25, 0.3) is 5.91 Å². The van der Waals surface area contributed by atoms with Crippen molar-refractivity contribution in [2.75, 3.05) is 76.2 Å². The average Bonchev–Trinajstić information content (AvgIpc) is 1.52. The van der Waals surface area contributed by atoms with E-state index in [0.717, 1.165) is 137 Å². The number of nitrogens with one attached hydrogen (secondary N) is 1. The van der Waals surface area contributed by atoms with Crippen LogP contribution in [0.4, 0.5) is 21.9 Å². The van der Waals surface area contributed by atoms with Crippen LogP contribution >= 0.6 is 96.3 Å². The van der Waals surface area contributed by atoms with Crippen molar-refractivity contribution in [3.63, 3.8) is 0 Å². The Morgan fingerprint density at radius 1 is 0.585 bits per heavy atom. The van der Waals surface area contributed by atoms with Gasteiger partial charge in [-0.25, -0.2) is 34.7 Å². The summed E-state index contributed by atoms with van der Waals surface area (Å²) in [5.74, 6) is 2.16. The molecule has 4 aromatic heterocycles. The average molecular weight is 2120 g/mol. The van der Waals surface area contributed by atoms with Crippen LogP contribution < -0.4 is 53.3 Å². The molecule has 1 aliphatic carbocycles. The second-order valence-corrected chi connectivity index (χ2v) is 42.4. The fourth-order valence-corrected chi connectivity index (χ4v) is 23.2. The van der Waals surface area contributed by atoms with Gasteiger partial charge in [-0.2, -0.15) is 5.26 Å². The van der Waals surface area contributed by atoms with Crippen LogP contribution in [0, 0.1) is 37.0 Å². The molecule has 736 valence electrons. The number of urea groups is 1. The van der Waals surface area contributed by atoms with Gasteiger partial charge >= 0.3 is 6.03 Å². The number of aromatic nitrogens is 1. The molecule has 8 aliphatic heterocycles. The van der Waals surface area contributed by atoms with Crippen molar-refractivity contribution in [2.24, 2.45) is 65.5 Å². The van der Waals surface area contributed by atoms with Crippen LogP contribution in [-0.2, 0) is 57.3 Å². The van der Waals surface area contributed by atoms with Gasteiger partial charge in [-0.05, 0) is 259 Å². The number of aliphatic imine (C=N–C) groups is 5. The van der Waals surface area contributed by atoms with E-state index < -0.39 is 39.5 Å². The molecule has 12 heterocycles. The molecule has 38 heteroatoms. The van der Waals surface area contributed by atoms with Crippen molar-refractivity contribution in [3.05, 3.63) is 264 Å². The van der Waals surface area contributed by atoms with E-state index in [-0.39, 0.29) is 89.5 Å². The van der Waals surface area contributed by atoms with E-state index >= 15 is 0 Å². The number of aryl methyl sites for hydroxylation is 2. The Hall–Kier alpha value is -13.0. The molecule has 11 aromatic rings. The maximum atomic E-state index is 13.9. The molecule has 7 aromatic carbocycles. The van der Waals surface area contributed by atoms with Crippen LogP contribution in [0.1, 0.15) is 152 Å². The molecule has 3 unspecified atom stereocenters. The number of likely N-dealkylation sites (tertiary alicyclic amines) is 1. The summed E-state index contributed by atoms with van der Waals surface area (Å²) in [5.41, 5.74) is 39.2. The molecule has 2 saturated heterocycles. The highest BCUT2D eigenvalue weighted by Gasteiger charge is 2.60. The quantitative estimate of drug-likeness (QED) is 0.0461. The monoisotopic (exact) mass is 2110 g/mol. The van der Waals surface area contributed by atoms with Gasteiger partial charge in [-0.3, -0.25) is 48.4 Å². The van der Waals surface area contributed by atoms with E-state index in [1.54, 1.807) is 110 Å². The Labute approximate surface area is 863 Å². The van der Waals surface area contributed by atoms with Crippen LogP contribution in [0.2, 0.25) is 20.1 Å². The number of halogens is 5. The first-order valence-corrected chi connectivity index (χ1v) is 51.1. The second kappa shape index (κ2) is 41.5. The number of thiophene rings is 3. The fraction of sp³-hybridized carbons (Fsp3) is 0.327. The van der Waals surface area contributed by atoms with E-state index in [9.17, 15) is 38.8 Å². The Morgan fingerprint density at radius 2 is 1.20 bits per heavy atom. The van der Waals surface area contributed by atoms with Gasteiger partial charge in [0.05, 0.1) is 65.1 Å². The lowest BCUT2D eigenvalue weighted by Gasteiger charge is -2.43. The molecule has 9 aliphatic rings. The first kappa shape index (κ1) is 102. The van der Waals surface area contributed by atoms with Crippen molar-refractivity contribution in [1.82, 2.24) is 29.7 Å². The number of carbonyl (C=O) groups excluding carboxylic acids is 7. The summed E-state index contributed by atoms with van der Waals surface area (Å²) in [7, 11) is 6.57. The minimum Gasteiger partial charge on any atom is -0.493 e. The topological polar surface area (TPSA) is 414 Å². The molecule has 142 heavy (non-hydrogen) atoms. The van der Waals surface area contributed by atoms with Crippen LogP contribution in [0.15, 0.2) is 220 Å². The van der Waals surface area contributed by atoms with Crippen molar-refractivity contribution in [1.29, 1.82) is 5.26 Å². The molecule has 0 spiro atoms. The fourth-order valence-electron chi connectivity index (χ4n) is 18.9. The number of nitrogens with zero attached hydrogens (tertiary/aromatic N) is 14. The zero-order valence-corrected chi connectivity index (χ0v) is 87.0. The van der Waals surface area contributed by atoms with Gasteiger partial charge in [0.15, 0.2) is 35.1 Å². The first-order chi connectivity index (χ1) is 67.7. The summed E-state index contributed by atoms with van der Waals surface area (Å²) in [6.45, 7) is 16.6. The summed E-state index contributed by atoms with van der Waals surface area (Å²) in [6.07, 6.45) is 6.52. The minimum atomic E-state index is -1.03. The number of amides is 8. The lowest BCUT2D eigenvalue weighted by molar-refractivity contribution is -0.131. The predicted octanol–water partition coefficient (Wildman–Crippen LogP) is 19.0. The van der Waals surface area contributed by atoms with Gasteiger partial charge in [-0.15, -0.1) is 34.0 Å². The summed E-state index contributed by atoms with van der Waals surface area (Å²) in [4.78, 5) is 126. The minimum absolute atomic E-state index is 0.0373. The number of benzene rings is 7. The number of hydrogen-bond donors (Lipinski definition) is 6. The number of ether oxygens (including phenoxy) is 2. The molecule has 8 amide bonds. The van der Waals surface area contributed by atoms with E-state index in [4.69, 9.17) is 104 Å². The van der Waals surface area contributed by atoms with E-state index in [2.05, 4.69) is 61.5 Å². The summed E-state index contributed by atoms with van der Waals surface area (Å²) < 4.78 is 17.7. The maximum absolute atomic E-state index is 13.9. The standard InChI is InChI=1S/C25H22N4O2S.C23H21ClN4O2.C19H19BrN4O2S.C19H22ClN3O2S.C18H23Cl2N5O2/c1-25(21-12-19(14-32-21)16-5-3-4-15(10-16)13-26)22(23(30)29(2)24(27)28-25)18-6-7-20-17(11-18)8-9-31-20;1-13-20(14(2)30-27-13)28-21(29)23(17-9-10-17,26-22(28)25)18-7-3-5-15(11-18)16-6-4-8-19(24)12-16;1-19(14-9-12(20)10-27-14)16(17(26)23(2)18(21)22-19)11-3-5-13(6-4-11)24-8-7-15(24)25;1-4-7-25-15-6-5-13(20)9-14(15)12-8-16(26-11-12)19(2)10-17(24)23(3)18(21)22-19;1-18(9-15(26)24(2)16(21)23-18)11-4-3-7-25(10-11)17(27)22-12-5-6-13(19)14(20)8-12/h3-7,10-12,14,22H,8-9H2,1-2H3,(H2,27,28);3-8,11-12,17H,9-10H2,1-2H3,(H2,25,26);3-6,9-10,16H,7-8H2,1-2H3,(H2,21,22);5-6,8-9,11H,4,7,10H2,1-3H3,(H2,21,22);5-6,8,11H,3-4,7,9-10H2,1-2H3,(H2,21,23)(H,22,27)/t22-,25-;;16?,19-;19-;11?,18-/m1.100/s1. The van der Waals surface area contributed by atoms with Gasteiger partial charge in [0.1, 0.15) is 39.5 Å². The maximum Gasteiger partial charge on any atom is 0.321 e. The summed E-state index contributed by atoms with van der Waals surface area (Å²) in [6, 6.07) is 55.3. The lowest BCUT2D eigenvalue weighted by atomic mass is 9.77. The summed E-state index contributed by atoms with van der Waals surface area (Å²) in [5, 5.41) is 24.3. The third-order valence-corrected chi connectivity index (χ3v) is 32.7. The first-order valence-electron chi connectivity index (χ1n) is 46.2. The SMILES string of the molecule is CCCOc1ccc(Cl)cc1-c1csc([C@]2(C)CC(=O)N(C)C(N)=N2)c1.CN1C(=O)C(c2ccc(N3CCC3=O)cc2)[C@@](C)(c2cc(Br)cs2)N=C1N.CN1C(=O)C[C@@](C)(C2CCCN(C(=O)Nc3ccc(Cl)c(Cl)c3)C2)N=C1N.CN1C(=O)[C@@H](c2ccc3c(c2)CCO3)[C@@](C)(c2cc(-c3cccc(C#N)c3)cs2)N=C1N.Cc1noc(C)c1N1C(=O)C(c2cccc(-c3cccc(Cl)c3)c2)(C2CC2)N=C1N. The molecular weight excluding hydrogens is 2010 g/mol. The number of likely N-dealkylation sites (N-methyl/N-ethyl adjacent to an activating group) is 2. The van der Waals surface area contributed by atoms with E-state index in [0.29, 0.717) is 87.6 Å². The van der Waals surface area contributed by atoms with E-state index in [1.165, 1.54) is 24.5 Å². The number of piperidine rings is 1. The Morgan fingerprint density at radius 3 is 1.82 bits per heavy atom. The molecule has 1 saturated carbocycles. The Bertz CT molecular complexity index is 6990.